The van der Waals surface area contributed by atoms with Crippen LogP contribution in [0.1, 0.15) is 16.8 Å². The zero-order chi connectivity index (χ0) is 14.0. The van der Waals surface area contributed by atoms with Gasteiger partial charge in [-0.2, -0.15) is 0 Å². The molecule has 1 aromatic heterocycles. The monoisotopic (exact) mass is 328 g/mol. The van der Waals surface area contributed by atoms with E-state index in [1.165, 1.54) is 24.3 Å². The number of carbonyl (C=O) groups excluding carboxylic acids is 2. The van der Waals surface area contributed by atoms with Crippen LogP contribution in [0, 0.1) is 5.92 Å². The molecule has 1 aromatic rings. The zero-order valence-electron chi connectivity index (χ0n) is 10.3. The fourth-order valence-electron chi connectivity index (χ4n) is 2.05. The lowest BCUT2D eigenvalue weighted by Crippen LogP contribution is -2.27. The molecule has 0 saturated carbocycles. The molecular formula is C12H13BrN2O4. The van der Waals surface area contributed by atoms with Crippen molar-refractivity contribution in [1.82, 2.24) is 4.98 Å². The van der Waals surface area contributed by atoms with E-state index in [9.17, 15) is 9.59 Å². The quantitative estimate of drug-likeness (QED) is 0.660. The maximum absolute atomic E-state index is 11.9. The fraction of sp³-hybridized carbons (Fsp3) is 0.417. The Morgan fingerprint density at radius 1 is 1.68 bits per heavy atom. The first-order valence-corrected chi connectivity index (χ1v) is 6.51. The van der Waals surface area contributed by atoms with Crippen molar-refractivity contribution in [3.05, 3.63) is 22.4 Å². The van der Waals surface area contributed by atoms with Gasteiger partial charge in [0, 0.05) is 25.5 Å². The summed E-state index contributed by atoms with van der Waals surface area (Å²) in [6, 6.07) is 1.51. The molecule has 6 nitrogen and oxygen atoms in total. The van der Waals surface area contributed by atoms with Gasteiger partial charge < -0.3 is 14.7 Å². The number of aliphatic hydroxyl groups is 1. The van der Waals surface area contributed by atoms with E-state index >= 15 is 0 Å². The average Bonchev–Trinajstić information content (AvgIpc) is 2.79. The van der Waals surface area contributed by atoms with Crippen molar-refractivity contribution in [1.29, 1.82) is 0 Å². The Hall–Kier alpha value is -1.47. The number of aromatic nitrogens is 1. The number of halogens is 1. The molecule has 0 radical (unpaired) electrons. The number of amides is 1. The van der Waals surface area contributed by atoms with E-state index in [1.54, 1.807) is 0 Å². The molecular weight excluding hydrogens is 316 g/mol. The Morgan fingerprint density at radius 3 is 3.00 bits per heavy atom. The topological polar surface area (TPSA) is 79.7 Å². The van der Waals surface area contributed by atoms with E-state index in [0.29, 0.717) is 16.8 Å². The summed E-state index contributed by atoms with van der Waals surface area (Å²) in [7, 11) is 1.28. The lowest BCUT2D eigenvalue weighted by Gasteiger charge is -2.19. The summed E-state index contributed by atoms with van der Waals surface area (Å²) in [6.45, 7) is 0.322. The molecule has 1 fully saturated rings. The number of hydrogen-bond donors (Lipinski definition) is 1. The Balaban J connectivity index is 2.39. The molecule has 102 valence electrons. The van der Waals surface area contributed by atoms with Crippen LogP contribution in [0.25, 0.3) is 0 Å². The van der Waals surface area contributed by atoms with E-state index in [0.717, 1.165) is 0 Å². The number of nitrogens with zero attached hydrogens (tertiary/aromatic N) is 2. The number of hydrogen-bond acceptors (Lipinski definition) is 5. The molecule has 2 heterocycles. The highest BCUT2D eigenvalue weighted by atomic mass is 79.9. The number of anilines is 1. The molecule has 1 saturated heterocycles. The van der Waals surface area contributed by atoms with Crippen molar-refractivity contribution in [3.63, 3.8) is 0 Å². The van der Waals surface area contributed by atoms with E-state index in [-0.39, 0.29) is 30.4 Å². The highest BCUT2D eigenvalue weighted by Crippen LogP contribution is 2.29. The maximum Gasteiger partial charge on any atom is 0.340 e. The van der Waals surface area contributed by atoms with Gasteiger partial charge in [0.2, 0.25) is 5.91 Å². The minimum absolute atomic E-state index is 0.0558. The second-order valence-electron chi connectivity index (χ2n) is 4.27. The Kier molecular flexibility index (Phi) is 4.16. The molecule has 0 aliphatic carbocycles. The molecule has 7 heteroatoms. The van der Waals surface area contributed by atoms with Gasteiger partial charge in [-0.05, 0) is 22.0 Å². The number of rotatable bonds is 3. The van der Waals surface area contributed by atoms with Gasteiger partial charge in [0.25, 0.3) is 0 Å². The summed E-state index contributed by atoms with van der Waals surface area (Å²) < 4.78 is 5.19. The summed E-state index contributed by atoms with van der Waals surface area (Å²) in [5, 5.41) is 9.12. The summed E-state index contributed by atoms with van der Waals surface area (Å²) in [5.41, 5.74) is 0.687. The van der Waals surface area contributed by atoms with Crippen LogP contribution in [0.5, 0.6) is 0 Å². The van der Waals surface area contributed by atoms with Crippen LogP contribution in [0.15, 0.2) is 16.9 Å². The van der Waals surface area contributed by atoms with Gasteiger partial charge in [-0.3, -0.25) is 4.79 Å². The van der Waals surface area contributed by atoms with Crippen molar-refractivity contribution in [3.8, 4) is 0 Å². The summed E-state index contributed by atoms with van der Waals surface area (Å²) in [6.07, 6.45) is 1.72. The van der Waals surface area contributed by atoms with E-state index in [2.05, 4.69) is 20.9 Å². The van der Waals surface area contributed by atoms with Gasteiger partial charge in [0.05, 0.1) is 24.6 Å². The van der Waals surface area contributed by atoms with Crippen LogP contribution in [-0.4, -0.2) is 42.2 Å². The zero-order valence-corrected chi connectivity index (χ0v) is 11.9. The molecule has 2 rings (SSSR count). The van der Waals surface area contributed by atoms with Crippen LogP contribution in [-0.2, 0) is 9.53 Å². The lowest BCUT2D eigenvalue weighted by molar-refractivity contribution is -0.117. The third kappa shape index (κ3) is 2.76. The third-order valence-electron chi connectivity index (χ3n) is 3.01. The van der Waals surface area contributed by atoms with Crippen LogP contribution in [0.3, 0.4) is 0 Å². The number of methoxy groups -OCH3 is 1. The Morgan fingerprint density at radius 2 is 2.42 bits per heavy atom. The van der Waals surface area contributed by atoms with Gasteiger partial charge in [-0.1, -0.05) is 0 Å². The van der Waals surface area contributed by atoms with Gasteiger partial charge >= 0.3 is 5.97 Å². The second-order valence-corrected chi connectivity index (χ2v) is 5.09. The molecule has 0 spiro atoms. The van der Waals surface area contributed by atoms with Crippen molar-refractivity contribution in [2.45, 2.75) is 6.42 Å². The first-order chi connectivity index (χ1) is 9.06. The fourth-order valence-corrected chi connectivity index (χ4v) is 2.38. The van der Waals surface area contributed by atoms with Crippen molar-refractivity contribution in [2.75, 3.05) is 25.2 Å². The van der Waals surface area contributed by atoms with Crippen molar-refractivity contribution < 1.29 is 19.4 Å². The number of aliphatic hydroxyl groups excluding tert-OH is 1. The molecule has 0 aromatic carbocycles. The number of carbonyl (C=O) groups is 2. The van der Waals surface area contributed by atoms with Crippen LogP contribution in [0.2, 0.25) is 0 Å². The largest absolute Gasteiger partial charge is 0.465 e. The van der Waals surface area contributed by atoms with Gasteiger partial charge in [-0.15, -0.1) is 0 Å². The smallest absolute Gasteiger partial charge is 0.340 e. The van der Waals surface area contributed by atoms with E-state index < -0.39 is 5.97 Å². The van der Waals surface area contributed by atoms with E-state index in [1.807, 2.05) is 0 Å². The number of ether oxygens (including phenoxy) is 1. The van der Waals surface area contributed by atoms with Crippen LogP contribution < -0.4 is 4.90 Å². The normalized spacial score (nSPS) is 18.8. The number of pyridine rings is 1. The summed E-state index contributed by atoms with van der Waals surface area (Å²) >= 11 is 3.18. The summed E-state index contributed by atoms with van der Waals surface area (Å²) in [4.78, 5) is 29.2. The predicted octanol–water partition coefficient (Wildman–Crippen LogP) is 0.976. The molecule has 1 N–H and O–H groups in total. The average molecular weight is 329 g/mol. The molecule has 19 heavy (non-hydrogen) atoms. The molecule has 0 bridgehead atoms. The number of esters is 1. The second kappa shape index (κ2) is 5.66. The lowest BCUT2D eigenvalue weighted by atomic mass is 10.1. The van der Waals surface area contributed by atoms with Gasteiger partial charge in [-0.25, -0.2) is 9.78 Å². The first-order valence-electron chi connectivity index (χ1n) is 5.72. The Bertz CT molecular complexity index is 520. The van der Waals surface area contributed by atoms with Gasteiger partial charge in [0.1, 0.15) is 4.60 Å². The third-order valence-corrected chi connectivity index (χ3v) is 3.44. The minimum atomic E-state index is -0.529. The highest BCUT2D eigenvalue weighted by Gasteiger charge is 2.32. The van der Waals surface area contributed by atoms with E-state index in [4.69, 9.17) is 9.84 Å². The van der Waals surface area contributed by atoms with Crippen molar-refractivity contribution in [2.24, 2.45) is 5.92 Å². The SMILES string of the molecule is COC(=O)c1cc(Br)ncc1N1CC(CO)CC1=O. The molecule has 1 amide bonds. The highest BCUT2D eigenvalue weighted by molar-refractivity contribution is 9.10. The minimum Gasteiger partial charge on any atom is -0.465 e. The molecule has 1 atom stereocenters. The van der Waals surface area contributed by atoms with Crippen LogP contribution in [0.4, 0.5) is 5.69 Å². The van der Waals surface area contributed by atoms with Gasteiger partial charge in [0.15, 0.2) is 0 Å². The molecule has 1 aliphatic heterocycles. The molecule has 1 unspecified atom stereocenters. The first kappa shape index (κ1) is 14.0. The van der Waals surface area contributed by atoms with Crippen molar-refractivity contribution >= 4 is 33.5 Å². The predicted molar refractivity (Wildman–Crippen MR) is 70.8 cm³/mol. The Labute approximate surface area is 118 Å². The maximum atomic E-state index is 11.9. The summed E-state index contributed by atoms with van der Waals surface area (Å²) in [5.74, 6) is -0.770. The molecule has 1 aliphatic rings. The van der Waals surface area contributed by atoms with Crippen LogP contribution >= 0.6 is 15.9 Å². The standard InChI is InChI=1S/C12H13BrN2O4/c1-19-12(18)8-3-10(13)14-4-9(8)15-5-7(6-16)2-11(15)17/h3-4,7,16H,2,5-6H2,1H3.